The lowest BCUT2D eigenvalue weighted by Gasteiger charge is -2.36. The van der Waals surface area contributed by atoms with Gasteiger partial charge in [-0.25, -0.2) is 4.79 Å². The highest BCUT2D eigenvalue weighted by Gasteiger charge is 2.49. The second-order valence-corrected chi connectivity index (χ2v) is 7.06. The first-order chi connectivity index (χ1) is 12.5. The number of hydrogen-bond acceptors (Lipinski definition) is 6. The van der Waals surface area contributed by atoms with E-state index in [2.05, 4.69) is 5.10 Å². The largest absolute Gasteiger partial charge is 0.477 e. The van der Waals surface area contributed by atoms with Crippen LogP contribution in [0.15, 0.2) is 22.7 Å². The molecule has 0 spiro atoms. The maximum atomic E-state index is 12.3. The van der Waals surface area contributed by atoms with E-state index in [1.165, 1.54) is 29.2 Å². The summed E-state index contributed by atoms with van der Waals surface area (Å²) in [4.78, 5) is 38.3. The summed E-state index contributed by atoms with van der Waals surface area (Å²) in [6.45, 7) is 1.63. The van der Waals surface area contributed by atoms with E-state index in [0.29, 0.717) is 30.9 Å². The van der Waals surface area contributed by atoms with Crippen LogP contribution in [0.4, 0.5) is 0 Å². The molecule has 10 heteroatoms. The molecule has 2 amide bonds. The standard InChI is InChI=1S/C16H16N4O5S/c1-25-7-13(21)18-2-3-19-10(6-18)4-9(17-19)5-11-14(22)20-12(16(23)24)8-26-15(11)20/h4-5,8,15H,2-3,6-7H2,1H3,(H,23,24)/b11-5+. The Bertz CT molecular complexity index is 874. The van der Waals surface area contributed by atoms with Crippen LogP contribution in [0.25, 0.3) is 6.08 Å². The zero-order valence-electron chi connectivity index (χ0n) is 13.9. The van der Waals surface area contributed by atoms with E-state index in [0.717, 1.165) is 5.69 Å². The zero-order chi connectivity index (χ0) is 18.4. The van der Waals surface area contributed by atoms with Gasteiger partial charge in [0.25, 0.3) is 5.91 Å². The second kappa shape index (κ2) is 6.29. The molecule has 1 unspecified atom stereocenters. The van der Waals surface area contributed by atoms with Gasteiger partial charge in [-0.05, 0) is 12.1 Å². The lowest BCUT2D eigenvalue weighted by Crippen LogP contribution is -2.51. The van der Waals surface area contributed by atoms with E-state index in [4.69, 9.17) is 9.84 Å². The molecule has 1 aromatic rings. The van der Waals surface area contributed by atoms with Gasteiger partial charge in [0.1, 0.15) is 17.7 Å². The number of aliphatic carboxylic acids is 1. The Morgan fingerprint density at radius 3 is 3.00 bits per heavy atom. The number of carbonyl (C=O) groups is 3. The third-order valence-electron chi connectivity index (χ3n) is 4.49. The molecule has 1 atom stereocenters. The molecule has 1 N–H and O–H groups in total. The highest BCUT2D eigenvalue weighted by atomic mass is 32.2. The van der Waals surface area contributed by atoms with Crippen molar-refractivity contribution in [3.63, 3.8) is 0 Å². The molecule has 0 saturated carbocycles. The molecule has 1 fully saturated rings. The van der Waals surface area contributed by atoms with Crippen molar-refractivity contribution in [1.82, 2.24) is 19.6 Å². The minimum absolute atomic E-state index is 0.0126. The van der Waals surface area contributed by atoms with Crippen molar-refractivity contribution in [2.75, 3.05) is 20.3 Å². The predicted molar refractivity (Wildman–Crippen MR) is 91.4 cm³/mol. The number of methoxy groups -OCH3 is 1. The van der Waals surface area contributed by atoms with Crippen LogP contribution in [-0.4, -0.2) is 68.1 Å². The van der Waals surface area contributed by atoms with Gasteiger partial charge in [-0.3, -0.25) is 19.2 Å². The zero-order valence-corrected chi connectivity index (χ0v) is 14.7. The number of nitrogens with zero attached hydrogens (tertiary/aromatic N) is 4. The molecular formula is C16H16N4O5S. The molecule has 1 aromatic heterocycles. The summed E-state index contributed by atoms with van der Waals surface area (Å²) in [5.74, 6) is -1.48. The number of carbonyl (C=O) groups excluding carboxylic acids is 2. The van der Waals surface area contributed by atoms with Gasteiger partial charge in [-0.1, -0.05) is 0 Å². The fourth-order valence-corrected chi connectivity index (χ4v) is 4.33. The molecule has 1 saturated heterocycles. The van der Waals surface area contributed by atoms with Crippen LogP contribution < -0.4 is 0 Å². The highest BCUT2D eigenvalue weighted by Crippen LogP contribution is 2.45. The van der Waals surface area contributed by atoms with E-state index < -0.39 is 5.97 Å². The molecule has 0 aliphatic carbocycles. The second-order valence-electron chi connectivity index (χ2n) is 6.10. The number of thioether (sulfide) groups is 1. The fourth-order valence-electron chi connectivity index (χ4n) is 3.21. The monoisotopic (exact) mass is 376 g/mol. The lowest BCUT2D eigenvalue weighted by atomic mass is 10.0. The van der Waals surface area contributed by atoms with Crippen molar-refractivity contribution in [2.45, 2.75) is 18.5 Å². The van der Waals surface area contributed by atoms with Crippen LogP contribution in [0.3, 0.4) is 0 Å². The van der Waals surface area contributed by atoms with Crippen molar-refractivity contribution in [3.8, 4) is 0 Å². The smallest absolute Gasteiger partial charge is 0.353 e. The van der Waals surface area contributed by atoms with Gasteiger partial charge in [0.2, 0.25) is 5.91 Å². The van der Waals surface area contributed by atoms with Gasteiger partial charge < -0.3 is 14.7 Å². The van der Waals surface area contributed by atoms with Gasteiger partial charge in [0, 0.05) is 19.1 Å². The van der Waals surface area contributed by atoms with Crippen molar-refractivity contribution >= 4 is 35.6 Å². The van der Waals surface area contributed by atoms with E-state index >= 15 is 0 Å². The topological polar surface area (TPSA) is 105 Å². The van der Waals surface area contributed by atoms with Crippen LogP contribution >= 0.6 is 11.8 Å². The van der Waals surface area contributed by atoms with Crippen molar-refractivity contribution in [3.05, 3.63) is 34.1 Å². The Morgan fingerprint density at radius 2 is 2.27 bits per heavy atom. The molecule has 3 aliphatic heterocycles. The summed E-state index contributed by atoms with van der Waals surface area (Å²) < 4.78 is 6.71. The molecule has 4 rings (SSSR count). The molecule has 0 aromatic carbocycles. The van der Waals surface area contributed by atoms with Gasteiger partial charge in [-0.15, -0.1) is 11.8 Å². The molecule has 0 radical (unpaired) electrons. The van der Waals surface area contributed by atoms with Gasteiger partial charge in [-0.2, -0.15) is 5.10 Å². The molecule has 136 valence electrons. The minimum atomic E-state index is -1.11. The van der Waals surface area contributed by atoms with E-state index in [1.54, 1.807) is 11.0 Å². The van der Waals surface area contributed by atoms with Crippen molar-refractivity contribution in [2.24, 2.45) is 0 Å². The third kappa shape index (κ3) is 2.61. The summed E-state index contributed by atoms with van der Waals surface area (Å²) in [7, 11) is 1.49. The van der Waals surface area contributed by atoms with Crippen LogP contribution in [0.2, 0.25) is 0 Å². The number of β-lactam (4-membered cyclic amide) rings is 1. The first kappa shape index (κ1) is 16.9. The van der Waals surface area contributed by atoms with Crippen LogP contribution in [0.1, 0.15) is 11.4 Å². The number of rotatable bonds is 4. The molecule has 3 aliphatic rings. The number of aromatic nitrogens is 2. The molecule has 26 heavy (non-hydrogen) atoms. The maximum Gasteiger partial charge on any atom is 0.353 e. The summed E-state index contributed by atoms with van der Waals surface area (Å²) in [6.07, 6.45) is 1.70. The van der Waals surface area contributed by atoms with Crippen LogP contribution in [-0.2, 0) is 32.2 Å². The number of carboxylic acids is 1. The number of amides is 2. The van der Waals surface area contributed by atoms with E-state index in [-0.39, 0.29) is 29.5 Å². The van der Waals surface area contributed by atoms with Crippen LogP contribution in [0, 0.1) is 0 Å². The Morgan fingerprint density at radius 1 is 1.46 bits per heavy atom. The minimum Gasteiger partial charge on any atom is -0.477 e. The number of carboxylic acid groups (broad SMARTS) is 1. The lowest BCUT2D eigenvalue weighted by molar-refractivity contribution is -0.141. The van der Waals surface area contributed by atoms with Gasteiger partial charge >= 0.3 is 5.97 Å². The molecular weight excluding hydrogens is 360 g/mol. The van der Waals surface area contributed by atoms with Crippen molar-refractivity contribution < 1.29 is 24.2 Å². The SMILES string of the molecule is COCC(=O)N1CCn2nc(/C=C3\C(=O)N4C(C(=O)O)=CSC34)cc2C1. The number of fused-ring (bicyclic) bond motifs is 2. The summed E-state index contributed by atoms with van der Waals surface area (Å²) in [5.41, 5.74) is 2.07. The normalized spacial score (nSPS) is 22.8. The van der Waals surface area contributed by atoms with E-state index in [9.17, 15) is 14.4 Å². The van der Waals surface area contributed by atoms with Crippen molar-refractivity contribution in [1.29, 1.82) is 0 Å². The summed E-state index contributed by atoms with van der Waals surface area (Å²) in [5, 5.41) is 14.8. The fraction of sp³-hybridized carbons (Fsp3) is 0.375. The van der Waals surface area contributed by atoms with Gasteiger partial charge in [0.05, 0.1) is 30.1 Å². The van der Waals surface area contributed by atoms with Crippen LogP contribution in [0.5, 0.6) is 0 Å². The first-order valence-corrected chi connectivity index (χ1v) is 8.91. The predicted octanol–water partition coefficient (Wildman–Crippen LogP) is 0.0962. The average Bonchev–Trinajstić information content (AvgIpc) is 3.20. The molecule has 4 heterocycles. The quantitative estimate of drug-likeness (QED) is 0.587. The number of hydrogen-bond donors (Lipinski definition) is 1. The summed E-state index contributed by atoms with van der Waals surface area (Å²) >= 11 is 1.30. The Kier molecular flexibility index (Phi) is 4.08. The highest BCUT2D eigenvalue weighted by molar-refractivity contribution is 8.03. The average molecular weight is 376 g/mol. The first-order valence-electron chi connectivity index (χ1n) is 7.97. The Hall–Kier alpha value is -2.59. The Balaban J connectivity index is 1.50. The third-order valence-corrected chi connectivity index (χ3v) is 5.58. The Labute approximate surface area is 152 Å². The number of ether oxygens (including phenoxy) is 1. The summed E-state index contributed by atoms with van der Waals surface area (Å²) in [6, 6.07) is 1.85. The van der Waals surface area contributed by atoms with Gasteiger partial charge in [0.15, 0.2) is 0 Å². The molecule has 0 bridgehead atoms. The maximum absolute atomic E-state index is 12.3. The molecule has 9 nitrogen and oxygen atoms in total. The van der Waals surface area contributed by atoms with E-state index in [1.807, 2.05) is 10.7 Å².